The highest BCUT2D eigenvalue weighted by Gasteiger charge is 2.25. The van der Waals surface area contributed by atoms with Crippen molar-refractivity contribution in [2.24, 2.45) is 5.92 Å². The molecule has 1 unspecified atom stereocenters. The summed E-state index contributed by atoms with van der Waals surface area (Å²) in [7, 11) is 0. The predicted octanol–water partition coefficient (Wildman–Crippen LogP) is 2.14. The molecule has 114 valence electrons. The van der Waals surface area contributed by atoms with Gasteiger partial charge in [-0.1, -0.05) is 12.1 Å². The van der Waals surface area contributed by atoms with E-state index in [0.717, 1.165) is 23.5 Å². The highest BCUT2D eigenvalue weighted by molar-refractivity contribution is 7.98. The fourth-order valence-electron chi connectivity index (χ4n) is 2.61. The number of thioether (sulfide) groups is 1. The summed E-state index contributed by atoms with van der Waals surface area (Å²) in [6.07, 6.45) is 3.01. The van der Waals surface area contributed by atoms with E-state index in [1.54, 1.807) is 11.8 Å². The summed E-state index contributed by atoms with van der Waals surface area (Å²) in [6.45, 7) is 1.79. The van der Waals surface area contributed by atoms with Crippen LogP contribution in [0, 0.1) is 5.92 Å². The lowest BCUT2D eigenvalue weighted by Gasteiger charge is -2.16. The molecule has 0 bridgehead atoms. The number of carboxylic acid groups (broad SMARTS) is 1. The van der Waals surface area contributed by atoms with E-state index in [-0.39, 0.29) is 18.2 Å². The van der Waals surface area contributed by atoms with Crippen molar-refractivity contribution in [2.75, 3.05) is 31.2 Å². The molecule has 1 aliphatic heterocycles. The molecule has 0 aliphatic carbocycles. The van der Waals surface area contributed by atoms with Crippen LogP contribution in [0.5, 0.6) is 0 Å². The van der Waals surface area contributed by atoms with E-state index in [1.165, 1.54) is 0 Å². The number of para-hydroxylation sites is 1. The van der Waals surface area contributed by atoms with Crippen molar-refractivity contribution >= 4 is 29.3 Å². The number of amides is 1. The second-order valence-electron chi connectivity index (χ2n) is 5.24. The number of likely N-dealkylation sites (tertiary alicyclic amines) is 1. The number of nitrogens with zero attached hydrogens (tertiary/aromatic N) is 1. The molecule has 2 N–H and O–H groups in total. The normalized spacial score (nSPS) is 18.6. The molecule has 6 heteroatoms. The van der Waals surface area contributed by atoms with E-state index in [4.69, 9.17) is 5.11 Å². The number of benzene rings is 1. The summed E-state index contributed by atoms with van der Waals surface area (Å²) in [5.41, 5.74) is 0.830. The zero-order valence-electron chi connectivity index (χ0n) is 12.0. The standard InChI is InChI=1S/C15H20N2O3S/c1-21-13-5-3-2-4-12(13)16-14(18)10-17-7-6-11(9-17)8-15(19)20/h2-5,11H,6-10H2,1H3,(H,16,18)(H,19,20). The number of carbonyl (C=O) groups excluding carboxylic acids is 1. The first-order chi connectivity index (χ1) is 10.1. The van der Waals surface area contributed by atoms with Crippen LogP contribution in [-0.2, 0) is 9.59 Å². The van der Waals surface area contributed by atoms with Gasteiger partial charge in [0.25, 0.3) is 0 Å². The van der Waals surface area contributed by atoms with E-state index >= 15 is 0 Å². The summed E-state index contributed by atoms with van der Waals surface area (Å²) in [5, 5.41) is 11.7. The molecule has 1 aromatic carbocycles. The van der Waals surface area contributed by atoms with E-state index in [0.29, 0.717) is 13.1 Å². The van der Waals surface area contributed by atoms with Crippen LogP contribution in [0.15, 0.2) is 29.2 Å². The van der Waals surface area contributed by atoms with Crippen LogP contribution in [-0.4, -0.2) is 47.8 Å². The molecule has 0 aromatic heterocycles. The molecule has 0 radical (unpaired) electrons. The van der Waals surface area contributed by atoms with Gasteiger partial charge in [-0.25, -0.2) is 0 Å². The predicted molar refractivity (Wildman–Crippen MR) is 83.7 cm³/mol. The Morgan fingerprint density at radius 2 is 2.19 bits per heavy atom. The van der Waals surface area contributed by atoms with Gasteiger partial charge in [0, 0.05) is 17.9 Å². The molecular weight excluding hydrogens is 288 g/mol. The molecule has 21 heavy (non-hydrogen) atoms. The van der Waals surface area contributed by atoms with Crippen LogP contribution < -0.4 is 5.32 Å². The highest BCUT2D eigenvalue weighted by atomic mass is 32.2. The molecule has 1 saturated heterocycles. The van der Waals surface area contributed by atoms with Crippen molar-refractivity contribution in [3.8, 4) is 0 Å². The van der Waals surface area contributed by atoms with E-state index in [2.05, 4.69) is 5.32 Å². The number of carbonyl (C=O) groups is 2. The maximum absolute atomic E-state index is 12.1. The van der Waals surface area contributed by atoms with Crippen LogP contribution in [0.25, 0.3) is 0 Å². The van der Waals surface area contributed by atoms with Gasteiger partial charge in [-0.3, -0.25) is 14.5 Å². The third-order valence-electron chi connectivity index (χ3n) is 3.58. The molecule has 1 amide bonds. The average molecular weight is 308 g/mol. The Morgan fingerprint density at radius 3 is 2.90 bits per heavy atom. The molecular formula is C15H20N2O3S. The SMILES string of the molecule is CSc1ccccc1NC(=O)CN1CCC(CC(=O)O)C1. The monoisotopic (exact) mass is 308 g/mol. The van der Waals surface area contributed by atoms with Crippen LogP contribution in [0.3, 0.4) is 0 Å². The van der Waals surface area contributed by atoms with Gasteiger partial charge in [0.05, 0.1) is 12.2 Å². The van der Waals surface area contributed by atoms with Crippen molar-refractivity contribution in [3.63, 3.8) is 0 Å². The van der Waals surface area contributed by atoms with Gasteiger partial charge < -0.3 is 10.4 Å². The Bertz CT molecular complexity index is 521. The number of carboxylic acids is 1. The molecule has 1 heterocycles. The van der Waals surface area contributed by atoms with Crippen LogP contribution >= 0.6 is 11.8 Å². The minimum absolute atomic E-state index is 0.0486. The number of hydrogen-bond donors (Lipinski definition) is 2. The first-order valence-corrected chi connectivity index (χ1v) is 8.18. The minimum atomic E-state index is -0.764. The molecule has 1 aliphatic rings. The fourth-order valence-corrected chi connectivity index (χ4v) is 3.16. The number of aliphatic carboxylic acids is 1. The van der Waals surface area contributed by atoms with E-state index in [9.17, 15) is 9.59 Å². The smallest absolute Gasteiger partial charge is 0.303 e. The second-order valence-corrected chi connectivity index (χ2v) is 6.08. The minimum Gasteiger partial charge on any atom is -0.481 e. The van der Waals surface area contributed by atoms with Crippen LogP contribution in [0.1, 0.15) is 12.8 Å². The highest BCUT2D eigenvalue weighted by Crippen LogP contribution is 2.25. The molecule has 0 saturated carbocycles. The van der Waals surface area contributed by atoms with Crippen LogP contribution in [0.2, 0.25) is 0 Å². The van der Waals surface area contributed by atoms with Gasteiger partial charge in [0.15, 0.2) is 0 Å². The second kappa shape index (κ2) is 7.47. The van der Waals surface area contributed by atoms with Crippen molar-refractivity contribution in [1.82, 2.24) is 4.90 Å². The van der Waals surface area contributed by atoms with Gasteiger partial charge in [-0.15, -0.1) is 11.8 Å². The Hall–Kier alpha value is -1.53. The third kappa shape index (κ3) is 4.75. The third-order valence-corrected chi connectivity index (χ3v) is 4.38. The van der Waals surface area contributed by atoms with Crippen molar-refractivity contribution < 1.29 is 14.7 Å². The summed E-state index contributed by atoms with van der Waals surface area (Å²) in [5.74, 6) is -0.651. The Labute approximate surface area is 128 Å². The first-order valence-electron chi connectivity index (χ1n) is 6.95. The number of rotatable bonds is 6. The zero-order valence-corrected chi connectivity index (χ0v) is 12.9. The van der Waals surface area contributed by atoms with Gasteiger partial charge in [0.1, 0.15) is 0 Å². The van der Waals surface area contributed by atoms with Gasteiger partial charge in [0.2, 0.25) is 5.91 Å². The van der Waals surface area contributed by atoms with Crippen molar-refractivity contribution in [1.29, 1.82) is 0 Å². The Balaban J connectivity index is 1.84. The number of anilines is 1. The van der Waals surface area contributed by atoms with Crippen molar-refractivity contribution in [2.45, 2.75) is 17.7 Å². The van der Waals surface area contributed by atoms with Gasteiger partial charge in [-0.2, -0.15) is 0 Å². The van der Waals surface area contributed by atoms with Gasteiger partial charge in [-0.05, 0) is 37.3 Å². The Morgan fingerprint density at radius 1 is 1.43 bits per heavy atom. The molecule has 5 nitrogen and oxygen atoms in total. The van der Waals surface area contributed by atoms with Crippen LogP contribution in [0.4, 0.5) is 5.69 Å². The largest absolute Gasteiger partial charge is 0.481 e. The summed E-state index contributed by atoms with van der Waals surface area (Å²) >= 11 is 1.59. The number of hydrogen-bond acceptors (Lipinski definition) is 4. The maximum Gasteiger partial charge on any atom is 0.303 e. The molecule has 1 aromatic rings. The molecule has 1 fully saturated rings. The molecule has 1 atom stereocenters. The first kappa shape index (κ1) is 15.9. The lowest BCUT2D eigenvalue weighted by Crippen LogP contribution is -2.31. The maximum atomic E-state index is 12.1. The molecule has 2 rings (SSSR count). The topological polar surface area (TPSA) is 69.6 Å². The summed E-state index contributed by atoms with van der Waals surface area (Å²) in [4.78, 5) is 25.8. The van der Waals surface area contributed by atoms with E-state index in [1.807, 2.05) is 35.4 Å². The lowest BCUT2D eigenvalue weighted by atomic mass is 10.1. The molecule has 0 spiro atoms. The fraction of sp³-hybridized carbons (Fsp3) is 0.467. The lowest BCUT2D eigenvalue weighted by molar-refractivity contribution is -0.138. The zero-order chi connectivity index (χ0) is 15.2. The van der Waals surface area contributed by atoms with E-state index < -0.39 is 5.97 Å². The number of nitrogens with one attached hydrogen (secondary N) is 1. The summed E-state index contributed by atoms with van der Waals surface area (Å²) in [6, 6.07) is 7.70. The quantitative estimate of drug-likeness (QED) is 0.788. The van der Waals surface area contributed by atoms with Crippen molar-refractivity contribution in [3.05, 3.63) is 24.3 Å². The summed E-state index contributed by atoms with van der Waals surface area (Å²) < 4.78 is 0. The van der Waals surface area contributed by atoms with Gasteiger partial charge >= 0.3 is 5.97 Å². The average Bonchev–Trinajstić information content (AvgIpc) is 2.85. The Kier molecular flexibility index (Phi) is 5.64.